The van der Waals surface area contributed by atoms with E-state index in [9.17, 15) is 19.2 Å². The molecule has 0 saturated carbocycles. The van der Waals surface area contributed by atoms with Crippen molar-refractivity contribution in [2.45, 2.75) is 33.2 Å². The van der Waals surface area contributed by atoms with Crippen LogP contribution in [0.3, 0.4) is 0 Å². The van der Waals surface area contributed by atoms with Crippen molar-refractivity contribution in [1.82, 2.24) is 4.90 Å². The number of methoxy groups -OCH3 is 1. The zero-order chi connectivity index (χ0) is 24.8. The van der Waals surface area contributed by atoms with Gasteiger partial charge in [0.25, 0.3) is 5.91 Å². The number of carbonyl (C=O) groups is 4. The zero-order valence-electron chi connectivity index (χ0n) is 19.7. The Kier molecular flexibility index (Phi) is 7.88. The summed E-state index contributed by atoms with van der Waals surface area (Å²) in [6.45, 7) is 6.20. The Balaban J connectivity index is 1.76. The van der Waals surface area contributed by atoms with Gasteiger partial charge in [0.1, 0.15) is 11.8 Å². The first-order chi connectivity index (χ1) is 16.2. The number of urea groups is 1. The van der Waals surface area contributed by atoms with Crippen LogP contribution in [0.15, 0.2) is 48.5 Å². The lowest BCUT2D eigenvalue weighted by molar-refractivity contribution is -0.124. The maximum Gasteiger partial charge on any atom is 0.338 e. The molecule has 9 heteroatoms. The molecule has 180 valence electrons. The van der Waals surface area contributed by atoms with E-state index in [1.807, 2.05) is 13.8 Å². The van der Waals surface area contributed by atoms with Gasteiger partial charge in [-0.05, 0) is 49.2 Å². The molecular formula is C25H29N3O6. The van der Waals surface area contributed by atoms with E-state index in [-0.39, 0.29) is 18.9 Å². The predicted molar refractivity (Wildman–Crippen MR) is 127 cm³/mol. The molecule has 1 atom stereocenters. The largest absolute Gasteiger partial charge is 0.497 e. The summed E-state index contributed by atoms with van der Waals surface area (Å²) in [5.41, 5.74) is 1.23. The number of esters is 1. The van der Waals surface area contributed by atoms with Gasteiger partial charge in [-0.2, -0.15) is 0 Å². The smallest absolute Gasteiger partial charge is 0.338 e. The van der Waals surface area contributed by atoms with Crippen molar-refractivity contribution in [2.75, 3.05) is 30.5 Å². The van der Waals surface area contributed by atoms with Crippen LogP contribution in [-0.4, -0.2) is 55.0 Å². The summed E-state index contributed by atoms with van der Waals surface area (Å²) in [6.07, 6.45) is -0.197. The number of nitrogens with zero attached hydrogens (tertiary/aromatic N) is 2. The maximum atomic E-state index is 13.3. The third-order valence-electron chi connectivity index (χ3n) is 5.25. The van der Waals surface area contributed by atoms with Crippen molar-refractivity contribution < 1.29 is 28.7 Å². The SMILES string of the molecule is CCOC(=O)c1ccc(NC(=O)C[C@H]2C(=O)N(c3cccc(OC)c3)C(=O)N2CC(C)C)cc1. The molecule has 1 saturated heterocycles. The van der Waals surface area contributed by atoms with Gasteiger partial charge in [0.15, 0.2) is 0 Å². The Labute approximate surface area is 198 Å². The minimum Gasteiger partial charge on any atom is -0.497 e. The molecule has 3 rings (SSSR count). The summed E-state index contributed by atoms with van der Waals surface area (Å²) in [7, 11) is 1.50. The molecule has 1 N–H and O–H groups in total. The van der Waals surface area contributed by atoms with E-state index >= 15 is 0 Å². The standard InChI is InChI=1S/C25H29N3O6/c1-5-34-24(31)17-9-11-18(12-10-17)26-22(29)14-21-23(30)28(25(32)27(21)15-16(2)3)19-7-6-8-20(13-19)33-4/h6-13,16,21H,5,14-15H2,1-4H3,(H,26,29)/t21-/m0/s1. The van der Waals surface area contributed by atoms with E-state index in [0.717, 1.165) is 4.90 Å². The Bertz CT molecular complexity index is 1070. The van der Waals surface area contributed by atoms with Gasteiger partial charge in [-0.3, -0.25) is 9.59 Å². The van der Waals surface area contributed by atoms with Gasteiger partial charge in [-0.15, -0.1) is 0 Å². The van der Waals surface area contributed by atoms with Crippen LogP contribution in [0.4, 0.5) is 16.2 Å². The van der Waals surface area contributed by atoms with Crippen molar-refractivity contribution >= 4 is 35.2 Å². The lowest BCUT2D eigenvalue weighted by atomic mass is 10.1. The quantitative estimate of drug-likeness (QED) is 0.445. The predicted octanol–water partition coefficient (Wildman–Crippen LogP) is 3.69. The maximum absolute atomic E-state index is 13.3. The molecule has 1 fully saturated rings. The second-order valence-electron chi connectivity index (χ2n) is 8.27. The molecule has 2 aromatic carbocycles. The number of hydrogen-bond donors (Lipinski definition) is 1. The Morgan fingerprint density at radius 1 is 1.09 bits per heavy atom. The van der Waals surface area contributed by atoms with Crippen LogP contribution in [-0.2, 0) is 14.3 Å². The van der Waals surface area contributed by atoms with Gasteiger partial charge in [-0.1, -0.05) is 19.9 Å². The number of carbonyl (C=O) groups excluding carboxylic acids is 4. The molecule has 4 amide bonds. The third-order valence-corrected chi connectivity index (χ3v) is 5.25. The van der Waals surface area contributed by atoms with E-state index in [1.54, 1.807) is 55.5 Å². The lowest BCUT2D eigenvalue weighted by Crippen LogP contribution is -2.40. The van der Waals surface area contributed by atoms with Crippen LogP contribution in [0, 0.1) is 5.92 Å². The summed E-state index contributed by atoms with van der Waals surface area (Å²) >= 11 is 0. The fraction of sp³-hybridized carbons (Fsp3) is 0.360. The van der Waals surface area contributed by atoms with Gasteiger partial charge < -0.3 is 19.7 Å². The van der Waals surface area contributed by atoms with Crippen LogP contribution in [0.25, 0.3) is 0 Å². The number of hydrogen-bond acceptors (Lipinski definition) is 6. The summed E-state index contributed by atoms with van der Waals surface area (Å²) in [6, 6.07) is 11.5. The Morgan fingerprint density at radius 3 is 2.41 bits per heavy atom. The average Bonchev–Trinajstić information content (AvgIpc) is 3.03. The molecule has 1 aliphatic heterocycles. The molecule has 0 aliphatic carbocycles. The van der Waals surface area contributed by atoms with Crippen molar-refractivity contribution in [3.63, 3.8) is 0 Å². The minimum atomic E-state index is -0.931. The van der Waals surface area contributed by atoms with Crippen LogP contribution >= 0.6 is 0 Å². The zero-order valence-corrected chi connectivity index (χ0v) is 19.7. The first-order valence-corrected chi connectivity index (χ1v) is 11.1. The highest BCUT2D eigenvalue weighted by atomic mass is 16.5. The van der Waals surface area contributed by atoms with Gasteiger partial charge in [0.05, 0.1) is 31.4 Å². The Morgan fingerprint density at radius 2 is 1.79 bits per heavy atom. The van der Waals surface area contributed by atoms with E-state index in [0.29, 0.717) is 29.2 Å². The summed E-state index contributed by atoms with van der Waals surface area (Å²) in [4.78, 5) is 53.5. The highest BCUT2D eigenvalue weighted by Gasteiger charge is 2.46. The van der Waals surface area contributed by atoms with E-state index in [4.69, 9.17) is 9.47 Å². The molecule has 0 radical (unpaired) electrons. The van der Waals surface area contributed by atoms with Gasteiger partial charge in [0.2, 0.25) is 5.91 Å². The van der Waals surface area contributed by atoms with Crippen LogP contribution in [0.5, 0.6) is 5.75 Å². The number of ether oxygens (including phenoxy) is 2. The highest BCUT2D eigenvalue weighted by Crippen LogP contribution is 2.30. The number of imide groups is 1. The first-order valence-electron chi connectivity index (χ1n) is 11.1. The third kappa shape index (κ3) is 5.54. The summed E-state index contributed by atoms with van der Waals surface area (Å²) in [5.74, 6) is -0.718. The monoisotopic (exact) mass is 467 g/mol. The van der Waals surface area contributed by atoms with Crippen LogP contribution in [0.2, 0.25) is 0 Å². The highest BCUT2D eigenvalue weighted by molar-refractivity contribution is 6.22. The van der Waals surface area contributed by atoms with Crippen molar-refractivity contribution in [2.24, 2.45) is 5.92 Å². The van der Waals surface area contributed by atoms with E-state index < -0.39 is 29.9 Å². The summed E-state index contributed by atoms with van der Waals surface area (Å²) < 4.78 is 10.2. The number of anilines is 2. The first kappa shape index (κ1) is 24.8. The normalized spacial score (nSPS) is 15.6. The fourth-order valence-corrected chi connectivity index (χ4v) is 3.71. The molecule has 0 bridgehead atoms. The van der Waals surface area contributed by atoms with Gasteiger partial charge >= 0.3 is 12.0 Å². The Hall–Kier alpha value is -3.88. The van der Waals surface area contributed by atoms with Crippen molar-refractivity contribution in [3.05, 3.63) is 54.1 Å². The van der Waals surface area contributed by atoms with Crippen LogP contribution < -0.4 is 15.0 Å². The van der Waals surface area contributed by atoms with Crippen molar-refractivity contribution in [3.8, 4) is 5.75 Å². The fourth-order valence-electron chi connectivity index (χ4n) is 3.71. The average molecular weight is 468 g/mol. The molecular weight excluding hydrogens is 438 g/mol. The number of rotatable bonds is 9. The van der Waals surface area contributed by atoms with Gasteiger partial charge in [0, 0.05) is 18.3 Å². The topological polar surface area (TPSA) is 105 Å². The van der Waals surface area contributed by atoms with E-state index in [2.05, 4.69) is 5.32 Å². The molecule has 0 unspecified atom stereocenters. The molecule has 0 aromatic heterocycles. The number of amides is 4. The number of nitrogens with one attached hydrogen (secondary N) is 1. The van der Waals surface area contributed by atoms with Crippen LogP contribution in [0.1, 0.15) is 37.6 Å². The van der Waals surface area contributed by atoms with Crippen molar-refractivity contribution in [1.29, 1.82) is 0 Å². The molecule has 0 spiro atoms. The second kappa shape index (κ2) is 10.8. The molecule has 34 heavy (non-hydrogen) atoms. The molecule has 2 aromatic rings. The van der Waals surface area contributed by atoms with Gasteiger partial charge in [-0.25, -0.2) is 14.5 Å². The second-order valence-corrected chi connectivity index (χ2v) is 8.27. The molecule has 1 aliphatic rings. The summed E-state index contributed by atoms with van der Waals surface area (Å²) in [5, 5.41) is 2.73. The molecule has 1 heterocycles. The molecule has 9 nitrogen and oxygen atoms in total. The minimum absolute atomic E-state index is 0.1000. The lowest BCUT2D eigenvalue weighted by Gasteiger charge is -2.23. The number of benzene rings is 2. The van der Waals surface area contributed by atoms with E-state index in [1.165, 1.54) is 12.0 Å².